The summed E-state index contributed by atoms with van der Waals surface area (Å²) in [6.45, 7) is 5.01. The summed E-state index contributed by atoms with van der Waals surface area (Å²) >= 11 is 0. The highest BCUT2D eigenvalue weighted by molar-refractivity contribution is 5.48. The molecule has 4 aliphatic carbocycles. The van der Waals surface area contributed by atoms with Gasteiger partial charge in [-0.2, -0.15) is 0 Å². The zero-order valence-electron chi connectivity index (χ0n) is 12.6. The number of nitrogen functional groups attached to an aromatic ring is 1. The number of pyridine rings is 1. The van der Waals surface area contributed by atoms with E-state index in [0.29, 0.717) is 22.2 Å². The van der Waals surface area contributed by atoms with Crippen LogP contribution in [0.15, 0.2) is 18.3 Å². The maximum Gasteiger partial charge on any atom is 0.123 e. The molecule has 0 spiro atoms. The maximum absolute atomic E-state index is 5.69. The highest BCUT2D eigenvalue weighted by Crippen LogP contribution is 2.66. The first-order valence-electron chi connectivity index (χ1n) is 7.88. The van der Waals surface area contributed by atoms with E-state index in [4.69, 9.17) is 5.73 Å². The summed E-state index contributed by atoms with van der Waals surface area (Å²) in [5.74, 6) is 1.51. The first-order chi connectivity index (χ1) is 9.38. The number of nitrogens with two attached hydrogens (primary N) is 1. The first kappa shape index (κ1) is 12.5. The molecule has 3 heteroatoms. The van der Waals surface area contributed by atoms with Gasteiger partial charge in [-0.1, -0.05) is 13.8 Å². The standard InChI is InChI=1S/C17H25N3/c1-15-5-12-6-16(2,9-15)11-17(7-12,10-15)20-13-3-4-14(18)19-8-13/h3-4,8,12,20H,5-7,9-11H2,1-2H3,(H2,18,19). The molecule has 0 radical (unpaired) electrons. The van der Waals surface area contributed by atoms with Crippen molar-refractivity contribution in [2.45, 2.75) is 57.9 Å². The predicted molar refractivity (Wildman–Crippen MR) is 82.4 cm³/mol. The number of nitrogens with zero attached hydrogens (tertiary/aromatic N) is 1. The quantitative estimate of drug-likeness (QED) is 0.859. The van der Waals surface area contributed by atoms with Crippen LogP contribution in [-0.2, 0) is 0 Å². The van der Waals surface area contributed by atoms with Crippen LogP contribution in [-0.4, -0.2) is 10.5 Å². The van der Waals surface area contributed by atoms with Gasteiger partial charge in [0.25, 0.3) is 0 Å². The zero-order chi connectivity index (χ0) is 14.0. The number of hydrogen-bond donors (Lipinski definition) is 2. The van der Waals surface area contributed by atoms with Gasteiger partial charge in [-0.15, -0.1) is 0 Å². The molecule has 3 N–H and O–H groups in total. The van der Waals surface area contributed by atoms with Gasteiger partial charge in [0, 0.05) is 5.54 Å². The maximum atomic E-state index is 5.69. The molecular weight excluding hydrogens is 246 g/mol. The van der Waals surface area contributed by atoms with Gasteiger partial charge in [0.05, 0.1) is 11.9 Å². The Hall–Kier alpha value is -1.25. The Morgan fingerprint density at radius 3 is 2.35 bits per heavy atom. The number of aromatic nitrogens is 1. The summed E-state index contributed by atoms with van der Waals surface area (Å²) in [7, 11) is 0. The third kappa shape index (κ3) is 1.90. The van der Waals surface area contributed by atoms with Crippen LogP contribution in [0.2, 0.25) is 0 Å². The van der Waals surface area contributed by atoms with Crippen LogP contribution in [0.3, 0.4) is 0 Å². The van der Waals surface area contributed by atoms with E-state index in [1.807, 2.05) is 12.3 Å². The average Bonchev–Trinajstić information content (AvgIpc) is 2.27. The minimum Gasteiger partial charge on any atom is -0.384 e. The van der Waals surface area contributed by atoms with Crippen LogP contribution in [0.5, 0.6) is 0 Å². The lowest BCUT2D eigenvalue weighted by Crippen LogP contribution is -2.61. The third-order valence-electron chi connectivity index (χ3n) is 5.82. The highest BCUT2D eigenvalue weighted by Gasteiger charge is 2.60. The van der Waals surface area contributed by atoms with Crippen LogP contribution >= 0.6 is 0 Å². The second kappa shape index (κ2) is 3.69. The average molecular weight is 271 g/mol. The van der Waals surface area contributed by atoms with Gasteiger partial charge < -0.3 is 11.1 Å². The minimum atomic E-state index is 0.292. The SMILES string of the molecule is CC12CC3CC(C)(C1)CC(Nc1ccc(N)nc1)(C3)C2. The van der Waals surface area contributed by atoms with E-state index in [1.54, 1.807) is 0 Å². The van der Waals surface area contributed by atoms with E-state index in [0.717, 1.165) is 11.6 Å². The van der Waals surface area contributed by atoms with Crippen molar-refractivity contribution in [3.8, 4) is 0 Å². The molecule has 20 heavy (non-hydrogen) atoms. The smallest absolute Gasteiger partial charge is 0.123 e. The lowest BCUT2D eigenvalue weighted by Gasteiger charge is -2.65. The highest BCUT2D eigenvalue weighted by atomic mass is 15.0. The second-order valence-electron chi connectivity index (χ2n) is 8.51. The fourth-order valence-corrected chi connectivity index (χ4v) is 6.37. The molecule has 0 saturated heterocycles. The Kier molecular flexibility index (Phi) is 2.30. The van der Waals surface area contributed by atoms with Crippen molar-refractivity contribution in [3.63, 3.8) is 0 Å². The third-order valence-corrected chi connectivity index (χ3v) is 5.82. The molecule has 0 aromatic carbocycles. The molecular formula is C17H25N3. The van der Waals surface area contributed by atoms with Gasteiger partial charge >= 0.3 is 0 Å². The number of nitrogens with one attached hydrogen (secondary N) is 1. The molecule has 4 bridgehead atoms. The number of rotatable bonds is 2. The topological polar surface area (TPSA) is 50.9 Å². The largest absolute Gasteiger partial charge is 0.384 e. The van der Waals surface area contributed by atoms with E-state index < -0.39 is 0 Å². The zero-order valence-corrected chi connectivity index (χ0v) is 12.6. The molecule has 1 aromatic rings. The molecule has 108 valence electrons. The summed E-state index contributed by atoms with van der Waals surface area (Å²) in [5, 5.41) is 3.85. The van der Waals surface area contributed by atoms with E-state index in [-0.39, 0.29) is 0 Å². The summed E-state index contributed by atoms with van der Waals surface area (Å²) in [5.41, 5.74) is 8.20. The molecule has 1 aromatic heterocycles. The number of hydrogen-bond acceptors (Lipinski definition) is 3. The van der Waals surface area contributed by atoms with Gasteiger partial charge in [-0.25, -0.2) is 4.98 Å². The fourth-order valence-electron chi connectivity index (χ4n) is 6.37. The summed E-state index contributed by atoms with van der Waals surface area (Å²) in [6.07, 6.45) is 10.1. The lowest BCUT2D eigenvalue weighted by atomic mass is 9.43. The Balaban J connectivity index is 1.65. The van der Waals surface area contributed by atoms with Crippen molar-refractivity contribution in [3.05, 3.63) is 18.3 Å². The van der Waals surface area contributed by atoms with Gasteiger partial charge in [-0.3, -0.25) is 0 Å². The molecule has 2 unspecified atom stereocenters. The minimum absolute atomic E-state index is 0.292. The van der Waals surface area contributed by atoms with Crippen LogP contribution in [0, 0.1) is 16.7 Å². The molecule has 3 nitrogen and oxygen atoms in total. The van der Waals surface area contributed by atoms with Crippen LogP contribution < -0.4 is 11.1 Å². The number of anilines is 2. The van der Waals surface area contributed by atoms with Crippen molar-refractivity contribution >= 4 is 11.5 Å². The normalized spacial score (nSPS) is 45.6. The summed E-state index contributed by atoms with van der Waals surface area (Å²) in [6, 6.07) is 3.97. The van der Waals surface area contributed by atoms with Crippen molar-refractivity contribution in [2.24, 2.45) is 16.7 Å². The Labute approximate surface area is 121 Å². The Morgan fingerprint density at radius 1 is 1.10 bits per heavy atom. The van der Waals surface area contributed by atoms with Crippen molar-refractivity contribution in [1.82, 2.24) is 4.98 Å². The first-order valence-corrected chi connectivity index (χ1v) is 7.88. The van der Waals surface area contributed by atoms with E-state index >= 15 is 0 Å². The second-order valence-corrected chi connectivity index (χ2v) is 8.51. The molecule has 4 aliphatic rings. The van der Waals surface area contributed by atoms with Gasteiger partial charge in [-0.05, 0) is 67.4 Å². The molecule has 2 atom stereocenters. The van der Waals surface area contributed by atoms with Crippen molar-refractivity contribution < 1.29 is 0 Å². The Bertz CT molecular complexity index is 518. The molecule has 1 heterocycles. The van der Waals surface area contributed by atoms with Gasteiger partial charge in [0.15, 0.2) is 0 Å². The molecule has 4 fully saturated rings. The fraction of sp³-hybridized carbons (Fsp3) is 0.706. The van der Waals surface area contributed by atoms with Gasteiger partial charge in [0.2, 0.25) is 0 Å². The summed E-state index contributed by atoms with van der Waals surface area (Å²) in [4.78, 5) is 4.23. The Morgan fingerprint density at radius 2 is 1.80 bits per heavy atom. The predicted octanol–water partition coefficient (Wildman–Crippen LogP) is 3.82. The van der Waals surface area contributed by atoms with Crippen LogP contribution in [0.1, 0.15) is 52.4 Å². The molecule has 0 amide bonds. The van der Waals surface area contributed by atoms with Gasteiger partial charge in [0.1, 0.15) is 5.82 Å². The summed E-state index contributed by atoms with van der Waals surface area (Å²) < 4.78 is 0. The molecule has 5 rings (SSSR count). The van der Waals surface area contributed by atoms with E-state index in [2.05, 4.69) is 30.2 Å². The van der Waals surface area contributed by atoms with E-state index in [1.165, 1.54) is 38.5 Å². The van der Waals surface area contributed by atoms with Crippen molar-refractivity contribution in [2.75, 3.05) is 11.1 Å². The van der Waals surface area contributed by atoms with Crippen molar-refractivity contribution in [1.29, 1.82) is 0 Å². The van der Waals surface area contributed by atoms with Crippen LogP contribution in [0.4, 0.5) is 11.5 Å². The molecule has 0 aliphatic heterocycles. The molecule has 4 saturated carbocycles. The van der Waals surface area contributed by atoms with Crippen LogP contribution in [0.25, 0.3) is 0 Å². The van der Waals surface area contributed by atoms with E-state index in [9.17, 15) is 0 Å². The lowest BCUT2D eigenvalue weighted by molar-refractivity contribution is -0.0973. The monoisotopic (exact) mass is 271 g/mol.